The molecule has 0 saturated heterocycles. The van der Waals surface area contributed by atoms with E-state index in [1.807, 2.05) is 0 Å². The Kier molecular flexibility index (Phi) is 5.23. The lowest BCUT2D eigenvalue weighted by molar-refractivity contribution is -0.390. The summed E-state index contributed by atoms with van der Waals surface area (Å²) in [7, 11) is 0. The molecule has 0 spiro atoms. The van der Waals surface area contributed by atoms with Crippen LogP contribution in [0.2, 0.25) is 0 Å². The average Bonchev–Trinajstić information content (AvgIpc) is 2.34. The van der Waals surface area contributed by atoms with Gasteiger partial charge in [0.05, 0.1) is 0 Å². The summed E-state index contributed by atoms with van der Waals surface area (Å²) in [6.45, 7) is 5.44. The molecule has 0 atom stereocenters. The third-order valence-electron chi connectivity index (χ3n) is 2.10. The lowest BCUT2D eigenvalue weighted by atomic mass is 10.2. The second-order valence-corrected chi connectivity index (χ2v) is 5.12. The van der Waals surface area contributed by atoms with Crippen molar-refractivity contribution in [3.63, 3.8) is 0 Å². The van der Waals surface area contributed by atoms with Crippen molar-refractivity contribution in [1.29, 1.82) is 0 Å². The maximum absolute atomic E-state index is 11.4. The Morgan fingerprint density at radius 3 is 2.76 bits per heavy atom. The van der Waals surface area contributed by atoms with Gasteiger partial charge in [-0.2, -0.15) is 0 Å². The minimum atomic E-state index is -0.772. The smallest absolute Gasteiger partial charge is 0.407 e. The van der Waals surface area contributed by atoms with Gasteiger partial charge in [-0.15, -0.1) is 0 Å². The van der Waals surface area contributed by atoms with Gasteiger partial charge >= 0.3 is 11.9 Å². The minimum absolute atomic E-state index is 0.186. The fourth-order valence-corrected chi connectivity index (χ4v) is 1.32. The molecule has 0 aromatic carbocycles. The first-order valence-electron chi connectivity index (χ1n) is 6.17. The summed E-state index contributed by atoms with van der Waals surface area (Å²) < 4.78 is 5.03. The monoisotopic (exact) mass is 295 g/mol. The second kappa shape index (κ2) is 6.69. The number of rotatable bonds is 4. The molecule has 2 N–H and O–H groups in total. The van der Waals surface area contributed by atoms with Crippen molar-refractivity contribution < 1.29 is 19.6 Å². The standard InChI is InChI=1S/C13H17N3O5/c1-13(2,3)21-12(18)14-8-4-5-9-6-7-10(17)11(15-9)16(19)20/h4-7,17H,8H2,1-3H3,(H,14,18). The predicted molar refractivity (Wildman–Crippen MR) is 75.8 cm³/mol. The number of aromatic hydroxyl groups is 1. The highest BCUT2D eigenvalue weighted by atomic mass is 16.6. The number of hydrogen-bond acceptors (Lipinski definition) is 6. The summed E-state index contributed by atoms with van der Waals surface area (Å²) in [5.74, 6) is -1.11. The highest BCUT2D eigenvalue weighted by Crippen LogP contribution is 2.22. The predicted octanol–water partition coefficient (Wildman–Crippen LogP) is 2.23. The minimum Gasteiger partial charge on any atom is -0.501 e. The van der Waals surface area contributed by atoms with E-state index in [-0.39, 0.29) is 6.54 Å². The molecule has 114 valence electrons. The summed E-state index contributed by atoms with van der Waals surface area (Å²) in [4.78, 5) is 24.9. The van der Waals surface area contributed by atoms with Gasteiger partial charge in [0.25, 0.3) is 0 Å². The lowest BCUT2D eigenvalue weighted by Crippen LogP contribution is -2.32. The summed E-state index contributed by atoms with van der Waals surface area (Å²) in [5.41, 5.74) is -0.280. The summed E-state index contributed by atoms with van der Waals surface area (Å²) >= 11 is 0. The van der Waals surface area contributed by atoms with Crippen molar-refractivity contribution in [1.82, 2.24) is 10.3 Å². The van der Waals surface area contributed by atoms with E-state index in [1.54, 1.807) is 26.8 Å². The van der Waals surface area contributed by atoms with Crippen molar-refractivity contribution in [2.24, 2.45) is 0 Å². The van der Waals surface area contributed by atoms with E-state index in [0.29, 0.717) is 5.69 Å². The van der Waals surface area contributed by atoms with Gasteiger partial charge in [0.15, 0.2) is 5.69 Å². The molecule has 1 amide bonds. The van der Waals surface area contributed by atoms with Crippen LogP contribution in [0.15, 0.2) is 18.2 Å². The maximum Gasteiger partial charge on any atom is 0.407 e. The molecular formula is C13H17N3O5. The number of carbonyl (C=O) groups is 1. The van der Waals surface area contributed by atoms with E-state index < -0.39 is 28.2 Å². The molecule has 0 aliphatic carbocycles. The zero-order valence-corrected chi connectivity index (χ0v) is 12.0. The van der Waals surface area contributed by atoms with Gasteiger partial charge in [0.1, 0.15) is 5.60 Å². The molecule has 0 aliphatic rings. The van der Waals surface area contributed by atoms with E-state index in [1.165, 1.54) is 18.2 Å². The molecule has 21 heavy (non-hydrogen) atoms. The zero-order valence-electron chi connectivity index (χ0n) is 12.0. The van der Waals surface area contributed by atoms with Crippen molar-refractivity contribution in [3.05, 3.63) is 34.0 Å². The van der Waals surface area contributed by atoms with E-state index in [9.17, 15) is 20.0 Å². The van der Waals surface area contributed by atoms with Crippen molar-refractivity contribution in [2.45, 2.75) is 26.4 Å². The van der Waals surface area contributed by atoms with Crippen molar-refractivity contribution in [2.75, 3.05) is 6.54 Å². The number of aromatic nitrogens is 1. The van der Waals surface area contributed by atoms with Gasteiger partial charge in [-0.05, 0) is 48.9 Å². The van der Waals surface area contributed by atoms with Gasteiger partial charge < -0.3 is 25.3 Å². The number of nitrogens with zero attached hydrogens (tertiary/aromatic N) is 2. The Labute approximate surface area is 121 Å². The molecule has 8 nitrogen and oxygen atoms in total. The molecule has 1 aromatic rings. The number of amides is 1. The highest BCUT2D eigenvalue weighted by molar-refractivity contribution is 5.68. The van der Waals surface area contributed by atoms with Crippen LogP contribution in [0, 0.1) is 10.1 Å². The molecule has 1 aromatic heterocycles. The number of alkyl carbamates (subject to hydrolysis) is 1. The molecular weight excluding hydrogens is 278 g/mol. The maximum atomic E-state index is 11.4. The Hall–Kier alpha value is -2.64. The number of nitro groups is 1. The van der Waals surface area contributed by atoms with Crippen molar-refractivity contribution >= 4 is 18.0 Å². The summed E-state index contributed by atoms with van der Waals surface area (Å²) in [5, 5.41) is 22.4. The SMILES string of the molecule is CC(C)(C)OC(=O)NCC=Cc1ccc(O)c([N+](=O)[O-])n1. The van der Waals surface area contributed by atoms with Gasteiger partial charge in [-0.1, -0.05) is 6.08 Å². The Balaban J connectivity index is 2.56. The van der Waals surface area contributed by atoms with Crippen LogP contribution in [0.3, 0.4) is 0 Å². The van der Waals surface area contributed by atoms with Crippen LogP contribution in [-0.2, 0) is 4.74 Å². The number of nitrogens with one attached hydrogen (secondary N) is 1. The first-order chi connectivity index (χ1) is 9.69. The van der Waals surface area contributed by atoms with Gasteiger partial charge in [0, 0.05) is 6.54 Å². The van der Waals surface area contributed by atoms with E-state index in [0.717, 1.165) is 0 Å². The van der Waals surface area contributed by atoms with Crippen LogP contribution < -0.4 is 5.32 Å². The van der Waals surface area contributed by atoms with E-state index in [4.69, 9.17) is 4.74 Å². The Morgan fingerprint density at radius 2 is 2.19 bits per heavy atom. The third-order valence-corrected chi connectivity index (χ3v) is 2.10. The summed E-state index contributed by atoms with van der Waals surface area (Å²) in [6.07, 6.45) is 2.49. The molecule has 0 bridgehead atoms. The average molecular weight is 295 g/mol. The number of hydrogen-bond donors (Lipinski definition) is 2. The molecule has 0 aliphatic heterocycles. The highest BCUT2D eigenvalue weighted by Gasteiger charge is 2.16. The Bertz CT molecular complexity index is 563. The van der Waals surface area contributed by atoms with Crippen LogP contribution in [0.5, 0.6) is 5.75 Å². The number of ether oxygens (including phenoxy) is 1. The first-order valence-corrected chi connectivity index (χ1v) is 6.17. The largest absolute Gasteiger partial charge is 0.501 e. The van der Waals surface area contributed by atoms with E-state index in [2.05, 4.69) is 10.3 Å². The van der Waals surface area contributed by atoms with Crippen molar-refractivity contribution in [3.8, 4) is 5.75 Å². The van der Waals surface area contributed by atoms with Crippen LogP contribution >= 0.6 is 0 Å². The molecule has 0 radical (unpaired) electrons. The lowest BCUT2D eigenvalue weighted by Gasteiger charge is -2.19. The molecule has 0 fully saturated rings. The fraction of sp³-hybridized carbons (Fsp3) is 0.385. The van der Waals surface area contributed by atoms with Crippen LogP contribution in [0.4, 0.5) is 10.6 Å². The molecule has 8 heteroatoms. The molecule has 0 saturated carbocycles. The molecule has 1 rings (SSSR count). The van der Waals surface area contributed by atoms with Crippen LogP contribution in [0.25, 0.3) is 6.08 Å². The van der Waals surface area contributed by atoms with Gasteiger partial charge in [-0.3, -0.25) is 0 Å². The topological polar surface area (TPSA) is 115 Å². The summed E-state index contributed by atoms with van der Waals surface area (Å²) in [6, 6.07) is 2.61. The normalized spacial score (nSPS) is 11.4. The first kappa shape index (κ1) is 16.4. The van der Waals surface area contributed by atoms with Crippen LogP contribution in [-0.4, -0.2) is 33.3 Å². The number of pyridine rings is 1. The van der Waals surface area contributed by atoms with Crippen LogP contribution in [0.1, 0.15) is 26.5 Å². The molecule has 0 unspecified atom stereocenters. The second-order valence-electron chi connectivity index (χ2n) is 5.12. The number of carbonyl (C=O) groups excluding carboxylic acids is 1. The van der Waals surface area contributed by atoms with Gasteiger partial charge in [-0.25, -0.2) is 4.79 Å². The van der Waals surface area contributed by atoms with E-state index >= 15 is 0 Å². The Morgan fingerprint density at radius 1 is 1.52 bits per heavy atom. The zero-order chi connectivity index (χ0) is 16.0. The fourth-order valence-electron chi connectivity index (χ4n) is 1.32. The third kappa shape index (κ3) is 5.89. The molecule has 1 heterocycles. The van der Waals surface area contributed by atoms with Gasteiger partial charge in [0.2, 0.25) is 5.75 Å². The quantitative estimate of drug-likeness (QED) is 0.650.